The molecule has 0 spiro atoms. The Morgan fingerprint density at radius 1 is 0.974 bits per heavy atom. The van der Waals surface area contributed by atoms with Crippen molar-refractivity contribution in [2.24, 2.45) is 45.3 Å². The highest BCUT2D eigenvalue weighted by Gasteiger charge is 2.69. The van der Waals surface area contributed by atoms with E-state index in [9.17, 15) is 15.3 Å². The molecule has 12 atom stereocenters. The van der Waals surface area contributed by atoms with E-state index in [0.29, 0.717) is 17.8 Å². The number of hydrogen-bond acceptors (Lipinski definition) is 6. The van der Waals surface area contributed by atoms with Gasteiger partial charge in [0.15, 0.2) is 6.29 Å². The fraction of sp³-hybridized carbons (Fsp3) is 0.938. The lowest BCUT2D eigenvalue weighted by atomic mass is 9.37. The quantitative estimate of drug-likeness (QED) is 0.426. The maximum Gasteiger partial charge on any atom is 0.160 e. The summed E-state index contributed by atoms with van der Waals surface area (Å²) < 4.78 is 17.8. The lowest BCUT2D eigenvalue weighted by molar-refractivity contribution is -0.214. The number of allylic oxidation sites excluding steroid dienone is 1. The van der Waals surface area contributed by atoms with Gasteiger partial charge in [-0.15, -0.1) is 0 Å². The predicted molar refractivity (Wildman–Crippen MR) is 147 cm³/mol. The van der Waals surface area contributed by atoms with Gasteiger partial charge in [-0.25, -0.2) is 0 Å². The van der Waals surface area contributed by atoms with Crippen molar-refractivity contribution in [2.75, 3.05) is 14.2 Å². The molecule has 0 radical (unpaired) electrons. The van der Waals surface area contributed by atoms with E-state index in [-0.39, 0.29) is 46.1 Å². The maximum absolute atomic E-state index is 12.0. The van der Waals surface area contributed by atoms with Crippen molar-refractivity contribution in [1.82, 2.24) is 0 Å². The standard InChI is InChI=1S/C32H54O6/c1-28(2)23-17-25(34)32(7)21-11-10-19(18-16-20(38-27(18)36-8)26(35)29(3,4)37-9)30(21,5)14-12-22(32)31(23,6)15-13-24(28)33/h11,18-20,22-27,33-35H,10,12-17H2,1-9H3. The van der Waals surface area contributed by atoms with E-state index in [0.717, 1.165) is 44.9 Å². The summed E-state index contributed by atoms with van der Waals surface area (Å²) in [5.74, 6) is 1.20. The summed E-state index contributed by atoms with van der Waals surface area (Å²) in [5, 5.41) is 34.0. The minimum atomic E-state index is -0.743. The molecule has 6 heteroatoms. The van der Waals surface area contributed by atoms with Crippen molar-refractivity contribution >= 4 is 0 Å². The second-order valence-electron chi connectivity index (χ2n) is 15.4. The zero-order chi connectivity index (χ0) is 28.1. The van der Waals surface area contributed by atoms with Crippen LogP contribution in [-0.4, -0.2) is 65.8 Å². The smallest absolute Gasteiger partial charge is 0.160 e. The van der Waals surface area contributed by atoms with Gasteiger partial charge in [-0.2, -0.15) is 0 Å². The Morgan fingerprint density at radius 3 is 2.29 bits per heavy atom. The second kappa shape index (κ2) is 9.25. The Labute approximate surface area is 230 Å². The average Bonchev–Trinajstić information content (AvgIpc) is 3.44. The molecule has 3 N–H and O–H groups in total. The van der Waals surface area contributed by atoms with Crippen LogP contribution in [0.3, 0.4) is 0 Å². The van der Waals surface area contributed by atoms with E-state index in [1.807, 2.05) is 13.8 Å². The van der Waals surface area contributed by atoms with Gasteiger partial charge < -0.3 is 29.5 Å². The van der Waals surface area contributed by atoms with Gasteiger partial charge in [0.05, 0.1) is 23.9 Å². The molecular weight excluding hydrogens is 480 g/mol. The Kier molecular flexibility index (Phi) is 7.06. The molecule has 12 unspecified atom stereocenters. The van der Waals surface area contributed by atoms with Crippen LogP contribution >= 0.6 is 0 Å². The Morgan fingerprint density at radius 2 is 1.66 bits per heavy atom. The SMILES string of the molecule is COC1OC(C(O)C(C)(C)OC)CC1C1CC=C2C1(C)CCC1C3(C)CCC(O)C(C)(C)C3CC(O)C21C. The molecule has 0 bridgehead atoms. The summed E-state index contributed by atoms with van der Waals surface area (Å²) >= 11 is 0. The third kappa shape index (κ3) is 3.80. The molecule has 5 rings (SSSR count). The summed E-state index contributed by atoms with van der Waals surface area (Å²) in [6.45, 7) is 15.5. The molecule has 218 valence electrons. The number of aliphatic hydroxyl groups excluding tert-OH is 3. The van der Waals surface area contributed by atoms with Crippen molar-refractivity contribution in [2.45, 2.75) is 130 Å². The van der Waals surface area contributed by atoms with Crippen LogP contribution < -0.4 is 0 Å². The minimum Gasteiger partial charge on any atom is -0.393 e. The van der Waals surface area contributed by atoms with Gasteiger partial charge in [-0.3, -0.25) is 0 Å². The highest BCUT2D eigenvalue weighted by Crippen LogP contribution is 2.73. The Bertz CT molecular complexity index is 944. The van der Waals surface area contributed by atoms with E-state index in [4.69, 9.17) is 14.2 Å². The first-order valence-electron chi connectivity index (χ1n) is 15.1. The molecule has 0 aromatic rings. The largest absolute Gasteiger partial charge is 0.393 e. The molecule has 3 saturated carbocycles. The van der Waals surface area contributed by atoms with Gasteiger partial charge >= 0.3 is 0 Å². The molecule has 5 aliphatic rings. The molecule has 38 heavy (non-hydrogen) atoms. The van der Waals surface area contributed by atoms with E-state index < -0.39 is 17.8 Å². The van der Waals surface area contributed by atoms with Crippen molar-refractivity contribution in [3.8, 4) is 0 Å². The fourth-order valence-electron chi connectivity index (χ4n) is 10.7. The van der Waals surface area contributed by atoms with Gasteiger partial charge in [-0.05, 0) is 92.8 Å². The summed E-state index contributed by atoms with van der Waals surface area (Å²) in [6, 6.07) is 0. The number of rotatable bonds is 5. The van der Waals surface area contributed by atoms with Crippen molar-refractivity contribution in [3.05, 3.63) is 11.6 Å². The van der Waals surface area contributed by atoms with E-state index >= 15 is 0 Å². The van der Waals surface area contributed by atoms with Crippen LogP contribution in [0.2, 0.25) is 0 Å². The van der Waals surface area contributed by atoms with E-state index in [1.54, 1.807) is 14.2 Å². The van der Waals surface area contributed by atoms with Crippen LogP contribution in [0.5, 0.6) is 0 Å². The molecule has 4 fully saturated rings. The Hall–Kier alpha value is -0.500. The van der Waals surface area contributed by atoms with Gasteiger partial charge in [0.1, 0.15) is 6.10 Å². The van der Waals surface area contributed by atoms with Crippen LogP contribution in [-0.2, 0) is 14.2 Å². The van der Waals surface area contributed by atoms with Crippen molar-refractivity contribution < 1.29 is 29.5 Å². The van der Waals surface area contributed by atoms with Gasteiger partial charge in [0.25, 0.3) is 0 Å². The van der Waals surface area contributed by atoms with Crippen molar-refractivity contribution in [3.63, 3.8) is 0 Å². The molecule has 1 saturated heterocycles. The molecule has 0 amide bonds. The van der Waals surface area contributed by atoms with Crippen LogP contribution in [0.4, 0.5) is 0 Å². The number of methoxy groups -OCH3 is 2. The average molecular weight is 535 g/mol. The minimum absolute atomic E-state index is 0.0411. The normalized spacial score (nSPS) is 51.1. The highest BCUT2D eigenvalue weighted by molar-refractivity contribution is 5.36. The third-order valence-electron chi connectivity index (χ3n) is 13.2. The van der Waals surface area contributed by atoms with E-state index in [2.05, 4.69) is 40.7 Å². The molecule has 6 nitrogen and oxygen atoms in total. The molecule has 0 aromatic heterocycles. The lowest BCUT2D eigenvalue weighted by Gasteiger charge is -2.68. The van der Waals surface area contributed by atoms with Crippen LogP contribution in [0.25, 0.3) is 0 Å². The van der Waals surface area contributed by atoms with Crippen LogP contribution in [0, 0.1) is 45.3 Å². The zero-order valence-electron chi connectivity index (χ0n) is 25.3. The fourth-order valence-corrected chi connectivity index (χ4v) is 10.7. The molecule has 0 aromatic carbocycles. The second-order valence-corrected chi connectivity index (χ2v) is 15.4. The van der Waals surface area contributed by atoms with Crippen LogP contribution in [0.15, 0.2) is 11.6 Å². The number of aliphatic hydroxyl groups is 3. The molecule has 4 aliphatic carbocycles. The molecular formula is C32H54O6. The number of fused-ring (bicyclic) bond motifs is 5. The Balaban J connectivity index is 1.44. The summed E-state index contributed by atoms with van der Waals surface area (Å²) in [4.78, 5) is 0. The number of hydrogen-bond donors (Lipinski definition) is 3. The highest BCUT2D eigenvalue weighted by atomic mass is 16.7. The lowest BCUT2D eigenvalue weighted by Crippen LogP contribution is -2.65. The maximum atomic E-state index is 12.0. The van der Waals surface area contributed by atoms with Gasteiger partial charge in [0.2, 0.25) is 0 Å². The first kappa shape index (κ1) is 29.0. The summed E-state index contributed by atoms with van der Waals surface area (Å²) in [7, 11) is 3.34. The monoisotopic (exact) mass is 534 g/mol. The number of ether oxygens (including phenoxy) is 3. The van der Waals surface area contributed by atoms with Crippen LogP contribution in [0.1, 0.15) is 93.4 Å². The van der Waals surface area contributed by atoms with Gasteiger partial charge in [0, 0.05) is 25.6 Å². The third-order valence-corrected chi connectivity index (χ3v) is 13.2. The van der Waals surface area contributed by atoms with Gasteiger partial charge in [-0.1, -0.05) is 46.3 Å². The topological polar surface area (TPSA) is 88.4 Å². The summed E-state index contributed by atoms with van der Waals surface area (Å²) in [6.07, 6.45) is 6.78. The van der Waals surface area contributed by atoms with E-state index in [1.165, 1.54) is 5.57 Å². The first-order chi connectivity index (χ1) is 17.6. The zero-order valence-corrected chi connectivity index (χ0v) is 25.3. The summed E-state index contributed by atoms with van der Waals surface area (Å²) in [5.41, 5.74) is 0.333. The predicted octanol–water partition coefficient (Wildman–Crippen LogP) is 5.09. The first-order valence-corrected chi connectivity index (χ1v) is 15.1. The molecule has 1 aliphatic heterocycles. The molecule has 1 heterocycles. The van der Waals surface area contributed by atoms with Crippen molar-refractivity contribution in [1.29, 1.82) is 0 Å².